The van der Waals surface area contributed by atoms with Gasteiger partial charge in [0.25, 0.3) is 0 Å². The smallest absolute Gasteiger partial charge is 0.176 e. The molecule has 0 aliphatic carbocycles. The summed E-state index contributed by atoms with van der Waals surface area (Å²) in [7, 11) is -3.25. The molecular weight excluding hydrogens is 298 g/mol. The molecule has 1 aromatic carbocycles. The fraction of sp³-hybridized carbons (Fsp3) is 0.308. The fourth-order valence-electron chi connectivity index (χ4n) is 1.91. The molecule has 110 valence electrons. The fourth-order valence-corrected chi connectivity index (χ4v) is 2.82. The maximum Gasteiger partial charge on any atom is 0.176 e. The summed E-state index contributed by atoms with van der Waals surface area (Å²) in [5.74, 6) is 0. The topological polar surface area (TPSA) is 78.0 Å². The van der Waals surface area contributed by atoms with Gasteiger partial charge in [-0.25, -0.2) is 8.42 Å². The highest BCUT2D eigenvalue weighted by atomic mass is 35.5. The van der Waals surface area contributed by atoms with Crippen LogP contribution < -0.4 is 5.73 Å². The molecule has 5 nitrogen and oxygen atoms in total. The second kappa shape index (κ2) is 6.88. The minimum atomic E-state index is -3.25. The molecule has 2 aromatic rings. The SMILES string of the molecule is CS(=O)(=O)c1ccccc1-c1cnn(CCCN)c1.Cl. The number of nitrogens with zero attached hydrogens (tertiary/aromatic N) is 2. The molecule has 0 atom stereocenters. The van der Waals surface area contributed by atoms with Crippen LogP contribution in [-0.4, -0.2) is 31.0 Å². The maximum absolute atomic E-state index is 11.8. The van der Waals surface area contributed by atoms with Gasteiger partial charge in [0.2, 0.25) is 0 Å². The molecule has 2 N–H and O–H groups in total. The van der Waals surface area contributed by atoms with Gasteiger partial charge < -0.3 is 5.73 Å². The summed E-state index contributed by atoms with van der Waals surface area (Å²) in [5, 5.41) is 4.22. The lowest BCUT2D eigenvalue weighted by Gasteiger charge is -2.05. The van der Waals surface area contributed by atoms with Crippen molar-refractivity contribution in [3.05, 3.63) is 36.7 Å². The van der Waals surface area contributed by atoms with Crippen molar-refractivity contribution in [1.29, 1.82) is 0 Å². The highest BCUT2D eigenvalue weighted by molar-refractivity contribution is 7.90. The molecule has 0 radical (unpaired) electrons. The van der Waals surface area contributed by atoms with Crippen LogP contribution in [0.4, 0.5) is 0 Å². The van der Waals surface area contributed by atoms with Crippen molar-refractivity contribution in [3.63, 3.8) is 0 Å². The first-order valence-corrected chi connectivity index (χ1v) is 7.93. The van der Waals surface area contributed by atoms with E-state index in [1.165, 1.54) is 6.26 Å². The van der Waals surface area contributed by atoms with Crippen LogP contribution in [0.3, 0.4) is 0 Å². The number of aryl methyl sites for hydroxylation is 1. The summed E-state index contributed by atoms with van der Waals surface area (Å²) in [6.45, 7) is 1.34. The number of rotatable bonds is 5. The van der Waals surface area contributed by atoms with Crippen LogP contribution in [0.2, 0.25) is 0 Å². The van der Waals surface area contributed by atoms with Crippen LogP contribution in [0.15, 0.2) is 41.6 Å². The number of hydrogen-bond acceptors (Lipinski definition) is 4. The zero-order chi connectivity index (χ0) is 13.9. The third kappa shape index (κ3) is 3.82. The van der Waals surface area contributed by atoms with E-state index in [2.05, 4.69) is 5.10 Å². The summed E-state index contributed by atoms with van der Waals surface area (Å²) in [6.07, 6.45) is 5.58. The summed E-state index contributed by atoms with van der Waals surface area (Å²) in [5.41, 5.74) is 6.94. The third-order valence-electron chi connectivity index (χ3n) is 2.82. The summed E-state index contributed by atoms with van der Waals surface area (Å²) in [6, 6.07) is 6.95. The van der Waals surface area contributed by atoms with Crippen molar-refractivity contribution in [3.8, 4) is 11.1 Å². The Morgan fingerprint density at radius 2 is 2.00 bits per heavy atom. The monoisotopic (exact) mass is 315 g/mol. The highest BCUT2D eigenvalue weighted by Crippen LogP contribution is 2.26. The molecule has 20 heavy (non-hydrogen) atoms. The first kappa shape index (κ1) is 16.7. The molecule has 7 heteroatoms. The van der Waals surface area contributed by atoms with Crippen molar-refractivity contribution in [2.75, 3.05) is 12.8 Å². The number of aromatic nitrogens is 2. The molecule has 1 heterocycles. The van der Waals surface area contributed by atoms with Crippen molar-refractivity contribution in [2.45, 2.75) is 17.9 Å². The highest BCUT2D eigenvalue weighted by Gasteiger charge is 2.14. The Bertz CT molecular complexity index is 668. The van der Waals surface area contributed by atoms with E-state index in [4.69, 9.17) is 5.73 Å². The van der Waals surface area contributed by atoms with Gasteiger partial charge in [0.1, 0.15) is 0 Å². The van der Waals surface area contributed by atoms with Crippen molar-refractivity contribution in [2.24, 2.45) is 5.73 Å². The zero-order valence-corrected chi connectivity index (χ0v) is 12.8. The summed E-state index contributed by atoms with van der Waals surface area (Å²) >= 11 is 0. The molecule has 0 spiro atoms. The second-order valence-electron chi connectivity index (χ2n) is 4.40. The zero-order valence-electron chi connectivity index (χ0n) is 11.2. The molecule has 2 rings (SSSR count). The Kier molecular flexibility index (Phi) is 5.74. The molecule has 0 aliphatic rings. The molecule has 0 saturated carbocycles. The Balaban J connectivity index is 0.00000200. The number of benzene rings is 1. The van der Waals surface area contributed by atoms with Gasteiger partial charge in [-0.2, -0.15) is 5.10 Å². The van der Waals surface area contributed by atoms with E-state index in [1.54, 1.807) is 29.1 Å². The minimum Gasteiger partial charge on any atom is -0.330 e. The average Bonchev–Trinajstić information content (AvgIpc) is 2.84. The number of hydrogen-bond donors (Lipinski definition) is 1. The first-order valence-electron chi connectivity index (χ1n) is 6.04. The molecular formula is C13H18ClN3O2S. The third-order valence-corrected chi connectivity index (χ3v) is 3.98. The van der Waals surface area contributed by atoms with Gasteiger partial charge in [0, 0.05) is 30.1 Å². The van der Waals surface area contributed by atoms with Crippen LogP contribution in [0.1, 0.15) is 6.42 Å². The molecule has 0 fully saturated rings. The van der Waals surface area contributed by atoms with E-state index in [0.29, 0.717) is 17.0 Å². The number of sulfone groups is 1. The maximum atomic E-state index is 11.8. The van der Waals surface area contributed by atoms with Gasteiger partial charge in [-0.05, 0) is 19.0 Å². The van der Waals surface area contributed by atoms with Crippen molar-refractivity contribution >= 4 is 22.2 Å². The van der Waals surface area contributed by atoms with Gasteiger partial charge in [-0.1, -0.05) is 18.2 Å². The molecule has 1 aromatic heterocycles. The Morgan fingerprint density at radius 3 is 2.65 bits per heavy atom. The Hall–Kier alpha value is -1.37. The van der Waals surface area contributed by atoms with Crippen LogP contribution in [0.25, 0.3) is 11.1 Å². The lowest BCUT2D eigenvalue weighted by molar-refractivity contribution is 0.585. The summed E-state index contributed by atoms with van der Waals surface area (Å²) < 4.78 is 25.3. The second-order valence-corrected chi connectivity index (χ2v) is 6.39. The lowest BCUT2D eigenvalue weighted by atomic mass is 10.1. The van der Waals surface area contributed by atoms with Gasteiger partial charge in [-0.3, -0.25) is 4.68 Å². The van der Waals surface area contributed by atoms with Gasteiger partial charge in [0.05, 0.1) is 11.1 Å². The van der Waals surface area contributed by atoms with E-state index in [0.717, 1.165) is 18.5 Å². The standard InChI is InChI=1S/C13H17N3O2S.ClH/c1-19(17,18)13-6-3-2-5-12(13)11-9-15-16(10-11)8-4-7-14;/h2-3,5-6,9-10H,4,7-8,14H2,1H3;1H. The largest absolute Gasteiger partial charge is 0.330 e. The van der Waals surface area contributed by atoms with E-state index in [1.807, 2.05) is 12.3 Å². The van der Waals surface area contributed by atoms with Crippen molar-refractivity contribution < 1.29 is 8.42 Å². The first-order chi connectivity index (χ1) is 9.02. The molecule has 0 bridgehead atoms. The molecule has 0 saturated heterocycles. The van der Waals surface area contributed by atoms with Gasteiger partial charge in [-0.15, -0.1) is 12.4 Å². The number of nitrogens with two attached hydrogens (primary N) is 1. The van der Waals surface area contributed by atoms with Crippen LogP contribution >= 0.6 is 12.4 Å². The van der Waals surface area contributed by atoms with Crippen molar-refractivity contribution in [1.82, 2.24) is 9.78 Å². The molecule has 0 unspecified atom stereocenters. The lowest BCUT2D eigenvalue weighted by Crippen LogP contribution is -2.05. The quantitative estimate of drug-likeness (QED) is 0.911. The van der Waals surface area contributed by atoms with E-state index in [-0.39, 0.29) is 12.4 Å². The Morgan fingerprint density at radius 1 is 1.30 bits per heavy atom. The van der Waals surface area contributed by atoms with E-state index < -0.39 is 9.84 Å². The van der Waals surface area contributed by atoms with Crippen LogP contribution in [-0.2, 0) is 16.4 Å². The van der Waals surface area contributed by atoms with E-state index >= 15 is 0 Å². The Labute approximate surface area is 125 Å². The minimum absolute atomic E-state index is 0. The molecule has 0 aliphatic heterocycles. The average molecular weight is 316 g/mol. The van der Waals surface area contributed by atoms with Crippen LogP contribution in [0.5, 0.6) is 0 Å². The van der Waals surface area contributed by atoms with Crippen LogP contribution in [0, 0.1) is 0 Å². The van der Waals surface area contributed by atoms with E-state index in [9.17, 15) is 8.42 Å². The summed E-state index contributed by atoms with van der Waals surface area (Å²) in [4.78, 5) is 0.327. The van der Waals surface area contributed by atoms with Gasteiger partial charge in [0.15, 0.2) is 9.84 Å². The normalized spacial score (nSPS) is 11.1. The number of halogens is 1. The molecule has 0 amide bonds. The predicted octanol–water partition coefficient (Wildman–Crippen LogP) is 1.72. The predicted molar refractivity (Wildman–Crippen MR) is 81.7 cm³/mol. The van der Waals surface area contributed by atoms with Gasteiger partial charge >= 0.3 is 0 Å².